The van der Waals surface area contributed by atoms with Crippen LogP contribution in [0.25, 0.3) is 0 Å². The quantitative estimate of drug-likeness (QED) is 0.235. The van der Waals surface area contributed by atoms with Crippen LogP contribution in [0.2, 0.25) is 0 Å². The highest BCUT2D eigenvalue weighted by atomic mass is 19.1. The van der Waals surface area contributed by atoms with Gasteiger partial charge < -0.3 is 10.5 Å². The first-order chi connectivity index (χ1) is 23.9. The van der Waals surface area contributed by atoms with Crippen molar-refractivity contribution < 1.29 is 13.9 Å². The fourth-order valence-electron chi connectivity index (χ4n) is 12.5. The summed E-state index contributed by atoms with van der Waals surface area (Å²) in [5.41, 5.74) is 13.2. The molecule has 3 nitrogen and oxygen atoms in total. The first-order valence-corrected chi connectivity index (χ1v) is 20.5. The Labute approximate surface area is 307 Å². The van der Waals surface area contributed by atoms with E-state index in [0.29, 0.717) is 36.5 Å². The fourth-order valence-corrected chi connectivity index (χ4v) is 12.5. The second kappa shape index (κ2) is 18.7. The van der Waals surface area contributed by atoms with Gasteiger partial charge in [-0.2, -0.15) is 0 Å². The van der Waals surface area contributed by atoms with E-state index < -0.39 is 0 Å². The molecule has 0 aromatic heterocycles. The number of carbonyl (C=O) groups is 1. The van der Waals surface area contributed by atoms with E-state index in [9.17, 15) is 9.18 Å². The normalized spacial score (nSPS) is 38.8. The molecule has 7 aliphatic carbocycles. The summed E-state index contributed by atoms with van der Waals surface area (Å²) >= 11 is 0. The number of alkyl halides is 1. The van der Waals surface area contributed by atoms with Crippen molar-refractivity contribution in [3.05, 3.63) is 59.8 Å². The number of allylic oxidation sites excluding steroid dienone is 8. The third kappa shape index (κ3) is 8.64. The topological polar surface area (TPSA) is 52.3 Å². The minimum absolute atomic E-state index is 0.196. The van der Waals surface area contributed by atoms with Gasteiger partial charge in [-0.3, -0.25) is 9.18 Å². The average molecular weight is 694 g/mol. The molecule has 0 amide bonds. The Morgan fingerprint density at radius 3 is 2.26 bits per heavy atom. The van der Waals surface area contributed by atoms with E-state index in [-0.39, 0.29) is 5.54 Å². The predicted molar refractivity (Wildman–Crippen MR) is 212 cm³/mol. The van der Waals surface area contributed by atoms with Gasteiger partial charge in [-0.05, 0) is 165 Å². The molecule has 9 atom stereocenters. The Kier molecular flexibility index (Phi) is 15.9. The summed E-state index contributed by atoms with van der Waals surface area (Å²) < 4.78 is 14.1. The number of hydrogen-bond donors (Lipinski definition) is 1. The van der Waals surface area contributed by atoms with Gasteiger partial charge in [0.05, 0.1) is 7.18 Å². The molecule has 2 N–H and O–H groups in total. The molecule has 4 saturated carbocycles. The molecule has 0 aliphatic heterocycles. The van der Waals surface area contributed by atoms with Gasteiger partial charge in [-0.15, -0.1) is 6.58 Å². The summed E-state index contributed by atoms with van der Waals surface area (Å²) in [4.78, 5) is 9.78. The van der Waals surface area contributed by atoms with Crippen LogP contribution >= 0.6 is 0 Å². The van der Waals surface area contributed by atoms with Crippen LogP contribution in [0, 0.1) is 51.8 Å². The highest BCUT2D eigenvalue weighted by Crippen LogP contribution is 2.72. The lowest BCUT2D eigenvalue weighted by Gasteiger charge is -2.68. The molecule has 0 radical (unpaired) electrons. The maximum atomic E-state index is 9.78. The standard InChI is InChI=1S/C32H51N.C8H10O2.C3H6.C2H6.CH3F/c1-21-8-10-22(11-9-21)24-14-18-31(5)27(29(24,2)3)16-19-30(4)25-15-20-32(33)17-6-7-26(32)23(25)12-13-28(30)31;9-7-10-6-8-4-2-1-3-5-8;1-3-2;2*1-2/h10,14,21,23,25-28H,6-9,11-13,15-20,33H2,1-5H3;1-2,4,7H,3,5-6H2;3H,1H2,2H3;1-2H3;1H3. The van der Waals surface area contributed by atoms with Crippen LogP contribution < -0.4 is 5.73 Å². The Morgan fingerprint density at radius 2 is 1.64 bits per heavy atom. The summed E-state index contributed by atoms with van der Waals surface area (Å²) in [5, 5.41) is 0. The molecule has 284 valence electrons. The minimum Gasteiger partial charge on any atom is -0.463 e. The average Bonchev–Trinajstić information content (AvgIpc) is 3.52. The van der Waals surface area contributed by atoms with Gasteiger partial charge >= 0.3 is 0 Å². The minimum atomic E-state index is 0.196. The summed E-state index contributed by atoms with van der Waals surface area (Å²) in [7, 11) is 0.500. The van der Waals surface area contributed by atoms with E-state index in [1.54, 1.807) is 17.2 Å². The van der Waals surface area contributed by atoms with Crippen molar-refractivity contribution in [3.8, 4) is 0 Å². The third-order valence-electron chi connectivity index (χ3n) is 14.6. The summed E-state index contributed by atoms with van der Waals surface area (Å²) in [6.45, 7) is 23.3. The van der Waals surface area contributed by atoms with Gasteiger partial charge in [0.1, 0.15) is 6.61 Å². The van der Waals surface area contributed by atoms with Crippen molar-refractivity contribution in [3.63, 3.8) is 0 Å². The molecule has 0 heterocycles. The lowest BCUT2D eigenvalue weighted by Crippen LogP contribution is -2.63. The summed E-state index contributed by atoms with van der Waals surface area (Å²) in [5.74, 6) is 5.29. The van der Waals surface area contributed by atoms with Crippen molar-refractivity contribution >= 4 is 6.47 Å². The second-order valence-corrected chi connectivity index (χ2v) is 17.5. The van der Waals surface area contributed by atoms with Crippen molar-refractivity contribution in [2.75, 3.05) is 13.8 Å². The Morgan fingerprint density at radius 1 is 0.920 bits per heavy atom. The zero-order valence-corrected chi connectivity index (χ0v) is 33.8. The molecule has 7 rings (SSSR count). The third-order valence-corrected chi connectivity index (χ3v) is 14.6. The van der Waals surface area contributed by atoms with Gasteiger partial charge in [-0.1, -0.05) is 91.3 Å². The molecular weight excluding hydrogens is 618 g/mol. The van der Waals surface area contributed by atoms with E-state index in [2.05, 4.69) is 64.2 Å². The Balaban J connectivity index is 0.000000334. The molecule has 7 aliphatic rings. The molecule has 0 saturated heterocycles. The second-order valence-electron chi connectivity index (χ2n) is 17.5. The van der Waals surface area contributed by atoms with Gasteiger partial charge in [0.2, 0.25) is 0 Å². The largest absolute Gasteiger partial charge is 0.463 e. The van der Waals surface area contributed by atoms with Crippen molar-refractivity contribution in [1.29, 1.82) is 0 Å². The van der Waals surface area contributed by atoms with Gasteiger partial charge in [0.25, 0.3) is 6.47 Å². The highest BCUT2D eigenvalue weighted by Gasteiger charge is 2.65. The molecule has 0 aromatic rings. The first-order valence-electron chi connectivity index (χ1n) is 20.5. The van der Waals surface area contributed by atoms with E-state index in [0.717, 1.165) is 48.3 Å². The van der Waals surface area contributed by atoms with E-state index in [4.69, 9.17) is 5.73 Å². The van der Waals surface area contributed by atoms with E-state index in [1.807, 2.05) is 32.9 Å². The molecular formula is C46H76FNO2. The van der Waals surface area contributed by atoms with Crippen molar-refractivity contribution in [1.82, 2.24) is 0 Å². The van der Waals surface area contributed by atoms with Crippen LogP contribution in [0.5, 0.6) is 0 Å². The number of nitrogens with two attached hydrogens (primary N) is 1. The Bertz CT molecular complexity index is 1230. The number of fused-ring (bicyclic) bond motifs is 7. The van der Waals surface area contributed by atoms with E-state index in [1.165, 1.54) is 89.0 Å². The molecule has 0 aromatic carbocycles. The molecule has 50 heavy (non-hydrogen) atoms. The predicted octanol–water partition coefficient (Wildman–Crippen LogP) is 12.7. The maximum absolute atomic E-state index is 9.78. The summed E-state index contributed by atoms with van der Waals surface area (Å²) in [6, 6.07) is 0. The van der Waals surface area contributed by atoms with Crippen LogP contribution in [0.15, 0.2) is 59.8 Å². The smallest absolute Gasteiger partial charge is 0.293 e. The van der Waals surface area contributed by atoms with Crippen LogP contribution in [0.4, 0.5) is 4.39 Å². The molecule has 4 fully saturated rings. The fraction of sp³-hybridized carbons (Fsp3) is 0.761. The van der Waals surface area contributed by atoms with Crippen LogP contribution in [-0.2, 0) is 9.53 Å². The van der Waals surface area contributed by atoms with Crippen LogP contribution in [0.1, 0.15) is 152 Å². The Hall–Kier alpha value is -1.94. The first kappa shape index (κ1) is 42.5. The molecule has 4 heteroatoms. The highest BCUT2D eigenvalue weighted by molar-refractivity contribution is 5.41. The van der Waals surface area contributed by atoms with Crippen LogP contribution in [0.3, 0.4) is 0 Å². The lowest BCUT2D eigenvalue weighted by atomic mass is 9.37. The molecule has 9 unspecified atom stereocenters. The van der Waals surface area contributed by atoms with Crippen molar-refractivity contribution in [2.45, 2.75) is 157 Å². The molecule has 0 spiro atoms. The lowest BCUT2D eigenvalue weighted by molar-refractivity contribution is -0.173. The van der Waals surface area contributed by atoms with Gasteiger partial charge in [0, 0.05) is 5.54 Å². The summed E-state index contributed by atoms with van der Waals surface area (Å²) in [6.07, 6.45) is 33.3. The maximum Gasteiger partial charge on any atom is 0.293 e. The van der Waals surface area contributed by atoms with Crippen LogP contribution in [-0.4, -0.2) is 25.8 Å². The van der Waals surface area contributed by atoms with Gasteiger partial charge in [0.15, 0.2) is 0 Å². The van der Waals surface area contributed by atoms with Gasteiger partial charge in [-0.25, -0.2) is 0 Å². The number of carbonyl (C=O) groups excluding carboxylic acids is 1. The number of hydrogen-bond acceptors (Lipinski definition) is 3. The SMILES string of the molecule is C=CC.CC.CC1CC=C(C2=CCC3(C)C(CCC4(C)C5CCC6(N)CCCC6C5CCC43)C2(C)C)CC1.CF.O=COCC1=CC=CCC1. The molecule has 0 bridgehead atoms. The van der Waals surface area contributed by atoms with E-state index >= 15 is 0 Å². The number of halogens is 1. The van der Waals surface area contributed by atoms with Crippen molar-refractivity contribution in [2.24, 2.45) is 57.5 Å². The zero-order chi connectivity index (χ0) is 37.2. The zero-order valence-electron chi connectivity index (χ0n) is 33.8. The number of rotatable bonds is 4. The monoisotopic (exact) mass is 694 g/mol. The number of ether oxygens (including phenoxy) is 1.